The van der Waals surface area contributed by atoms with Crippen LogP contribution < -0.4 is 10.6 Å². The van der Waals surface area contributed by atoms with Gasteiger partial charge in [0.25, 0.3) is 0 Å². The summed E-state index contributed by atoms with van der Waals surface area (Å²) < 4.78 is 1.09. The van der Waals surface area contributed by atoms with Gasteiger partial charge in [0.05, 0.1) is 5.52 Å². The van der Waals surface area contributed by atoms with Crippen LogP contribution >= 0.6 is 22.6 Å². The Balaban J connectivity index is 2.86. The van der Waals surface area contributed by atoms with Gasteiger partial charge in [0, 0.05) is 23.1 Å². The van der Waals surface area contributed by atoms with Gasteiger partial charge in [0.15, 0.2) is 0 Å². The summed E-state index contributed by atoms with van der Waals surface area (Å²) in [6.07, 6.45) is 0. The van der Waals surface area contributed by atoms with E-state index in [1.54, 1.807) is 0 Å². The van der Waals surface area contributed by atoms with Crippen molar-refractivity contribution in [2.45, 2.75) is 0 Å². The molecule has 0 saturated carbocycles. The van der Waals surface area contributed by atoms with E-state index >= 15 is 0 Å². The van der Waals surface area contributed by atoms with Crippen LogP contribution in [0.3, 0.4) is 0 Å². The first-order valence-corrected chi connectivity index (χ1v) is 5.53. The molecule has 0 aliphatic carbocycles. The maximum absolute atomic E-state index is 11.3. The van der Waals surface area contributed by atoms with E-state index in [-0.39, 0.29) is 5.69 Å². The van der Waals surface area contributed by atoms with E-state index < -0.39 is 0 Å². The molecule has 0 fully saturated rings. The summed E-state index contributed by atoms with van der Waals surface area (Å²) in [7, 11) is 3.75. The van der Waals surface area contributed by atoms with E-state index in [2.05, 4.69) is 32.6 Å². The molecule has 0 aliphatic rings. The van der Waals surface area contributed by atoms with E-state index in [9.17, 15) is 4.79 Å². The van der Waals surface area contributed by atoms with Crippen molar-refractivity contribution in [1.82, 2.24) is 9.97 Å². The molecule has 0 spiro atoms. The number of halogens is 1. The number of H-pyrrole nitrogens is 1. The van der Waals surface area contributed by atoms with Gasteiger partial charge >= 0.3 is 5.69 Å². The van der Waals surface area contributed by atoms with Crippen molar-refractivity contribution in [3.8, 4) is 0 Å². The topological polar surface area (TPSA) is 49.0 Å². The van der Waals surface area contributed by atoms with Crippen LogP contribution in [0.2, 0.25) is 0 Å². The third kappa shape index (κ3) is 1.97. The number of nitrogens with zero attached hydrogens (tertiary/aromatic N) is 2. The number of anilines is 1. The lowest BCUT2D eigenvalue weighted by Crippen LogP contribution is -2.19. The molecule has 1 aromatic heterocycles. The Morgan fingerprint density at radius 3 is 2.80 bits per heavy atom. The lowest BCUT2D eigenvalue weighted by atomic mass is 10.2. The molecule has 1 aromatic carbocycles. The average Bonchev–Trinajstić information content (AvgIpc) is 2.15. The van der Waals surface area contributed by atoms with Gasteiger partial charge in [0.1, 0.15) is 5.82 Å². The zero-order valence-electron chi connectivity index (χ0n) is 8.41. The molecule has 0 atom stereocenters. The number of aromatic nitrogens is 2. The Bertz CT molecular complexity index is 562. The Labute approximate surface area is 100 Å². The third-order valence-corrected chi connectivity index (χ3v) is 2.77. The fourth-order valence-corrected chi connectivity index (χ4v) is 1.95. The second kappa shape index (κ2) is 3.80. The highest BCUT2D eigenvalue weighted by Crippen LogP contribution is 2.21. The smallest absolute Gasteiger partial charge is 0.347 e. The number of aromatic amines is 1. The molecule has 4 nitrogen and oxygen atoms in total. The predicted molar refractivity (Wildman–Crippen MR) is 69.4 cm³/mol. The van der Waals surface area contributed by atoms with Crippen LogP contribution in [0.5, 0.6) is 0 Å². The lowest BCUT2D eigenvalue weighted by Gasteiger charge is -2.13. The summed E-state index contributed by atoms with van der Waals surface area (Å²) in [5.41, 5.74) is 0.513. The normalized spacial score (nSPS) is 10.6. The Morgan fingerprint density at radius 2 is 2.13 bits per heavy atom. The molecule has 0 aliphatic heterocycles. The van der Waals surface area contributed by atoms with Crippen molar-refractivity contribution >= 4 is 39.3 Å². The first kappa shape index (κ1) is 10.4. The van der Waals surface area contributed by atoms with Gasteiger partial charge in [-0.15, -0.1) is 0 Å². The maximum Gasteiger partial charge on any atom is 0.347 e. The van der Waals surface area contributed by atoms with Crippen LogP contribution in [0.15, 0.2) is 23.0 Å². The number of benzene rings is 1. The van der Waals surface area contributed by atoms with E-state index in [1.165, 1.54) is 0 Å². The highest BCUT2D eigenvalue weighted by Gasteiger charge is 2.06. The van der Waals surface area contributed by atoms with Crippen LogP contribution in [0.25, 0.3) is 10.9 Å². The summed E-state index contributed by atoms with van der Waals surface area (Å²) >= 11 is 2.21. The lowest BCUT2D eigenvalue weighted by molar-refractivity contribution is 1.03. The molecular formula is C10H10IN3O. The van der Waals surface area contributed by atoms with Crippen LogP contribution in [-0.4, -0.2) is 24.1 Å². The summed E-state index contributed by atoms with van der Waals surface area (Å²) in [6.45, 7) is 0. The van der Waals surface area contributed by atoms with Crippen molar-refractivity contribution in [1.29, 1.82) is 0 Å². The zero-order chi connectivity index (χ0) is 11.0. The molecule has 1 heterocycles. The van der Waals surface area contributed by atoms with E-state index in [4.69, 9.17) is 0 Å². The third-order valence-electron chi connectivity index (χ3n) is 2.10. The van der Waals surface area contributed by atoms with Crippen molar-refractivity contribution in [3.05, 3.63) is 32.3 Å². The Kier molecular flexibility index (Phi) is 2.64. The van der Waals surface area contributed by atoms with Crippen molar-refractivity contribution < 1.29 is 0 Å². The fourth-order valence-electron chi connectivity index (χ4n) is 1.46. The summed E-state index contributed by atoms with van der Waals surface area (Å²) in [6, 6.07) is 5.90. The van der Waals surface area contributed by atoms with Crippen LogP contribution in [0.1, 0.15) is 0 Å². The molecule has 2 rings (SSSR count). The second-order valence-electron chi connectivity index (χ2n) is 3.45. The molecule has 0 bridgehead atoms. The summed E-state index contributed by atoms with van der Waals surface area (Å²) in [5.74, 6) is 0.699. The summed E-state index contributed by atoms with van der Waals surface area (Å²) in [4.78, 5) is 19.8. The molecular weight excluding hydrogens is 305 g/mol. The molecule has 0 unspecified atom stereocenters. The number of nitrogens with one attached hydrogen (secondary N) is 1. The molecule has 0 radical (unpaired) electrons. The van der Waals surface area contributed by atoms with Gasteiger partial charge in [-0.3, -0.25) is 0 Å². The first-order chi connectivity index (χ1) is 7.08. The minimum Gasteiger partial charge on any atom is -0.362 e. The fraction of sp³-hybridized carbons (Fsp3) is 0.200. The number of hydrogen-bond acceptors (Lipinski definition) is 3. The Hall–Kier alpha value is -1.11. The minimum atomic E-state index is -0.312. The molecule has 1 N–H and O–H groups in total. The number of rotatable bonds is 1. The van der Waals surface area contributed by atoms with Crippen molar-refractivity contribution in [2.24, 2.45) is 0 Å². The number of hydrogen-bond donors (Lipinski definition) is 1. The monoisotopic (exact) mass is 315 g/mol. The zero-order valence-corrected chi connectivity index (χ0v) is 10.6. The van der Waals surface area contributed by atoms with Crippen LogP contribution in [-0.2, 0) is 0 Å². The minimum absolute atomic E-state index is 0.312. The molecule has 15 heavy (non-hydrogen) atoms. The van der Waals surface area contributed by atoms with Gasteiger partial charge in [0.2, 0.25) is 0 Å². The first-order valence-electron chi connectivity index (χ1n) is 4.45. The van der Waals surface area contributed by atoms with Crippen molar-refractivity contribution in [2.75, 3.05) is 19.0 Å². The van der Waals surface area contributed by atoms with Crippen LogP contribution in [0, 0.1) is 3.57 Å². The maximum atomic E-state index is 11.3. The Morgan fingerprint density at radius 1 is 1.40 bits per heavy atom. The second-order valence-corrected chi connectivity index (χ2v) is 4.70. The van der Waals surface area contributed by atoms with E-state index in [0.29, 0.717) is 5.82 Å². The highest BCUT2D eigenvalue weighted by atomic mass is 127. The SMILES string of the molecule is CN(C)c1nc(=O)[nH]c2cc(I)ccc12. The standard InChI is InChI=1S/C10H10IN3O/c1-14(2)9-7-4-3-6(11)5-8(7)12-10(15)13-9/h3-5H,1-2H3,(H,12,13,15). The highest BCUT2D eigenvalue weighted by molar-refractivity contribution is 14.1. The van der Waals surface area contributed by atoms with E-state index in [1.807, 2.05) is 37.2 Å². The molecule has 78 valence electrons. The van der Waals surface area contributed by atoms with Gasteiger partial charge in [-0.1, -0.05) is 0 Å². The van der Waals surface area contributed by atoms with Gasteiger partial charge < -0.3 is 9.88 Å². The largest absolute Gasteiger partial charge is 0.362 e. The molecule has 0 amide bonds. The average molecular weight is 315 g/mol. The molecule has 2 aromatic rings. The van der Waals surface area contributed by atoms with Crippen molar-refractivity contribution in [3.63, 3.8) is 0 Å². The quantitative estimate of drug-likeness (QED) is 0.813. The van der Waals surface area contributed by atoms with E-state index in [0.717, 1.165) is 14.5 Å². The predicted octanol–water partition coefficient (Wildman–Crippen LogP) is 1.59. The summed E-state index contributed by atoms with van der Waals surface area (Å²) in [5, 5.41) is 0.958. The van der Waals surface area contributed by atoms with Gasteiger partial charge in [-0.05, 0) is 40.8 Å². The van der Waals surface area contributed by atoms with Gasteiger partial charge in [-0.2, -0.15) is 4.98 Å². The van der Waals surface area contributed by atoms with Gasteiger partial charge in [-0.25, -0.2) is 4.79 Å². The number of fused-ring (bicyclic) bond motifs is 1. The van der Waals surface area contributed by atoms with Crippen LogP contribution in [0.4, 0.5) is 5.82 Å². The molecule has 5 heteroatoms. The molecule has 0 saturated heterocycles.